The summed E-state index contributed by atoms with van der Waals surface area (Å²) in [6.45, 7) is 7.59. The molecule has 0 aliphatic rings. The molecule has 0 spiro atoms. The zero-order valence-electron chi connectivity index (χ0n) is 14.9. The largest absolute Gasteiger partial charge is 0.497 e. The minimum absolute atomic E-state index is 0.299. The lowest BCUT2D eigenvalue weighted by Crippen LogP contribution is -2.31. The molecule has 0 saturated heterocycles. The van der Waals surface area contributed by atoms with Crippen molar-refractivity contribution in [1.29, 1.82) is 0 Å². The molecule has 1 N–H and O–H groups in total. The molecule has 0 heterocycles. The highest BCUT2D eigenvalue weighted by Gasteiger charge is 2.27. The number of carbonyl (C=O) groups is 1. The predicted octanol–water partition coefficient (Wildman–Crippen LogP) is 4.50. The molecule has 0 radical (unpaired) electrons. The van der Waals surface area contributed by atoms with Crippen molar-refractivity contribution in [3.05, 3.63) is 59.7 Å². The molecule has 0 saturated carbocycles. The van der Waals surface area contributed by atoms with E-state index in [4.69, 9.17) is 9.47 Å². The number of carbonyl (C=O) groups excluding carboxylic acids is 1. The third-order valence-electron chi connectivity index (χ3n) is 3.54. The minimum Gasteiger partial charge on any atom is -0.497 e. The molecule has 0 aliphatic heterocycles. The third kappa shape index (κ3) is 4.75. The lowest BCUT2D eigenvalue weighted by molar-refractivity contribution is -0.156. The van der Waals surface area contributed by atoms with E-state index in [2.05, 4.69) is 5.32 Å². The summed E-state index contributed by atoms with van der Waals surface area (Å²) in [4.78, 5) is 12.7. The highest BCUT2D eigenvalue weighted by atomic mass is 16.6. The van der Waals surface area contributed by atoms with Crippen molar-refractivity contribution in [3.63, 3.8) is 0 Å². The van der Waals surface area contributed by atoms with Crippen LogP contribution < -0.4 is 10.1 Å². The van der Waals surface area contributed by atoms with E-state index in [1.165, 1.54) is 0 Å². The van der Waals surface area contributed by atoms with Crippen molar-refractivity contribution in [3.8, 4) is 5.75 Å². The van der Waals surface area contributed by atoms with Gasteiger partial charge in [-0.2, -0.15) is 0 Å². The van der Waals surface area contributed by atoms with E-state index in [9.17, 15) is 4.79 Å². The number of nitrogens with one attached hydrogen (secondary N) is 1. The lowest BCUT2D eigenvalue weighted by Gasteiger charge is -2.26. The predicted molar refractivity (Wildman–Crippen MR) is 96.4 cm³/mol. The van der Waals surface area contributed by atoms with E-state index in [-0.39, 0.29) is 5.97 Å². The van der Waals surface area contributed by atoms with E-state index in [0.717, 1.165) is 22.6 Å². The van der Waals surface area contributed by atoms with Crippen LogP contribution in [0.4, 0.5) is 5.69 Å². The minimum atomic E-state index is -0.571. The highest BCUT2D eigenvalue weighted by molar-refractivity contribution is 5.82. The second kappa shape index (κ2) is 7.39. The fourth-order valence-corrected chi connectivity index (χ4v) is 2.39. The number of rotatable bonds is 5. The summed E-state index contributed by atoms with van der Waals surface area (Å²) in [6, 6.07) is 14.7. The number of hydrogen-bond donors (Lipinski definition) is 1. The summed E-state index contributed by atoms with van der Waals surface area (Å²) in [5, 5.41) is 3.28. The number of methoxy groups -OCH3 is 1. The Kier molecular flexibility index (Phi) is 5.50. The van der Waals surface area contributed by atoms with E-state index < -0.39 is 11.6 Å². The molecule has 0 fully saturated rings. The Labute approximate surface area is 143 Å². The molecular weight excluding hydrogens is 302 g/mol. The molecule has 4 nitrogen and oxygen atoms in total. The van der Waals surface area contributed by atoms with Gasteiger partial charge in [-0.1, -0.05) is 24.3 Å². The summed E-state index contributed by atoms with van der Waals surface area (Å²) >= 11 is 0. The Morgan fingerprint density at radius 1 is 1.04 bits per heavy atom. The van der Waals surface area contributed by atoms with Gasteiger partial charge in [-0.15, -0.1) is 0 Å². The van der Waals surface area contributed by atoms with Crippen LogP contribution in [0, 0.1) is 6.92 Å². The summed E-state index contributed by atoms with van der Waals surface area (Å²) in [5.74, 6) is 0.470. The Balaban J connectivity index is 2.31. The first-order chi connectivity index (χ1) is 11.3. The first kappa shape index (κ1) is 17.9. The van der Waals surface area contributed by atoms with Crippen molar-refractivity contribution in [2.24, 2.45) is 0 Å². The summed E-state index contributed by atoms with van der Waals surface area (Å²) in [6.07, 6.45) is 0. The Morgan fingerprint density at radius 3 is 2.21 bits per heavy atom. The van der Waals surface area contributed by atoms with Gasteiger partial charge < -0.3 is 14.8 Å². The first-order valence-corrected chi connectivity index (χ1v) is 7.99. The maximum absolute atomic E-state index is 12.7. The van der Waals surface area contributed by atoms with Crippen molar-refractivity contribution >= 4 is 11.7 Å². The van der Waals surface area contributed by atoms with Gasteiger partial charge in [0.25, 0.3) is 0 Å². The fourth-order valence-electron chi connectivity index (χ4n) is 2.39. The second-order valence-electron chi connectivity index (χ2n) is 6.70. The number of esters is 1. The monoisotopic (exact) mass is 327 g/mol. The van der Waals surface area contributed by atoms with E-state index in [1.54, 1.807) is 7.11 Å². The zero-order valence-corrected chi connectivity index (χ0v) is 14.9. The third-order valence-corrected chi connectivity index (χ3v) is 3.54. The molecule has 2 aromatic carbocycles. The van der Waals surface area contributed by atoms with E-state index in [0.29, 0.717) is 0 Å². The SMILES string of the molecule is COc1ccc(N[C@@H](C(=O)OC(C)(C)C)c2ccccc2C)cc1. The number of aryl methyl sites for hydroxylation is 1. The molecule has 0 aliphatic carbocycles. The van der Waals surface area contributed by atoms with Crippen LogP contribution in [0.5, 0.6) is 5.75 Å². The quantitative estimate of drug-likeness (QED) is 0.822. The van der Waals surface area contributed by atoms with Crippen LogP contribution in [0.1, 0.15) is 37.9 Å². The molecular formula is C20H25NO3. The first-order valence-electron chi connectivity index (χ1n) is 7.99. The smallest absolute Gasteiger partial charge is 0.333 e. The molecule has 2 rings (SSSR count). The van der Waals surface area contributed by atoms with Gasteiger partial charge in [0, 0.05) is 5.69 Å². The van der Waals surface area contributed by atoms with Crippen molar-refractivity contribution in [2.45, 2.75) is 39.3 Å². The van der Waals surface area contributed by atoms with Crippen LogP contribution in [0.2, 0.25) is 0 Å². The van der Waals surface area contributed by atoms with Crippen LogP contribution in [-0.4, -0.2) is 18.7 Å². The van der Waals surface area contributed by atoms with Crippen LogP contribution in [0.3, 0.4) is 0 Å². The van der Waals surface area contributed by atoms with Gasteiger partial charge in [-0.3, -0.25) is 0 Å². The molecule has 24 heavy (non-hydrogen) atoms. The van der Waals surface area contributed by atoms with Crippen LogP contribution in [-0.2, 0) is 9.53 Å². The van der Waals surface area contributed by atoms with Crippen LogP contribution >= 0.6 is 0 Å². The number of hydrogen-bond acceptors (Lipinski definition) is 4. The molecule has 0 bridgehead atoms. The van der Waals surface area contributed by atoms with Gasteiger partial charge in [0.15, 0.2) is 6.04 Å². The maximum Gasteiger partial charge on any atom is 0.333 e. The van der Waals surface area contributed by atoms with E-state index >= 15 is 0 Å². The van der Waals surface area contributed by atoms with Gasteiger partial charge in [0.1, 0.15) is 11.4 Å². The van der Waals surface area contributed by atoms with Gasteiger partial charge in [-0.25, -0.2) is 4.79 Å². The van der Waals surface area contributed by atoms with Gasteiger partial charge >= 0.3 is 5.97 Å². The molecule has 1 atom stereocenters. The molecule has 128 valence electrons. The summed E-state index contributed by atoms with van der Waals surface area (Å²) in [7, 11) is 1.62. The molecule has 4 heteroatoms. The Bertz CT molecular complexity index is 687. The Hall–Kier alpha value is -2.49. The lowest BCUT2D eigenvalue weighted by atomic mass is 10.0. The summed E-state index contributed by atoms with van der Waals surface area (Å²) < 4.78 is 10.8. The van der Waals surface area contributed by atoms with Crippen LogP contribution in [0.15, 0.2) is 48.5 Å². The number of anilines is 1. The average Bonchev–Trinajstić information content (AvgIpc) is 2.52. The standard InChI is InChI=1S/C20H25NO3/c1-14-8-6-7-9-17(14)18(19(22)24-20(2,3)4)21-15-10-12-16(23-5)13-11-15/h6-13,18,21H,1-5H3/t18-/m1/s1. The second-order valence-corrected chi connectivity index (χ2v) is 6.70. The van der Waals surface area contributed by atoms with Gasteiger partial charge in [0.2, 0.25) is 0 Å². The molecule has 0 amide bonds. The van der Waals surface area contributed by atoms with Crippen molar-refractivity contribution in [1.82, 2.24) is 0 Å². The molecule has 0 unspecified atom stereocenters. The van der Waals surface area contributed by atoms with E-state index in [1.807, 2.05) is 76.2 Å². The van der Waals surface area contributed by atoms with Crippen molar-refractivity contribution in [2.75, 3.05) is 12.4 Å². The van der Waals surface area contributed by atoms with Crippen molar-refractivity contribution < 1.29 is 14.3 Å². The number of benzene rings is 2. The van der Waals surface area contributed by atoms with Gasteiger partial charge in [-0.05, 0) is 63.1 Å². The highest BCUT2D eigenvalue weighted by Crippen LogP contribution is 2.26. The molecule has 2 aromatic rings. The summed E-state index contributed by atoms with van der Waals surface area (Å²) in [5.41, 5.74) is 2.23. The number of ether oxygens (including phenoxy) is 2. The van der Waals surface area contributed by atoms with Crippen LogP contribution in [0.25, 0.3) is 0 Å². The normalized spacial score (nSPS) is 12.4. The molecule has 0 aromatic heterocycles. The zero-order chi connectivity index (χ0) is 17.7. The maximum atomic E-state index is 12.7. The average molecular weight is 327 g/mol. The topological polar surface area (TPSA) is 47.6 Å². The fraction of sp³-hybridized carbons (Fsp3) is 0.350. The van der Waals surface area contributed by atoms with Gasteiger partial charge in [0.05, 0.1) is 7.11 Å². The Morgan fingerprint density at radius 2 is 1.67 bits per heavy atom.